The van der Waals surface area contributed by atoms with E-state index in [1.54, 1.807) is 0 Å². The van der Waals surface area contributed by atoms with Crippen LogP contribution in [0.5, 0.6) is 0 Å². The van der Waals surface area contributed by atoms with E-state index in [1.165, 1.54) is 57.8 Å². The molecule has 0 rings (SSSR count). The molecular formula is C81H140O17P2. The van der Waals surface area contributed by atoms with Crippen molar-refractivity contribution < 1.29 is 80.2 Å². The van der Waals surface area contributed by atoms with Crippen LogP contribution >= 0.6 is 15.6 Å². The first-order valence-electron chi connectivity index (χ1n) is 39.1. The maximum atomic E-state index is 13.1. The number of aliphatic hydroxyl groups is 1. The van der Waals surface area contributed by atoms with Crippen LogP contribution in [0.3, 0.4) is 0 Å². The topological polar surface area (TPSA) is 237 Å². The maximum Gasteiger partial charge on any atom is 0.472 e. The number of allylic oxidation sites excluding steroid dienone is 18. The van der Waals surface area contributed by atoms with Gasteiger partial charge in [-0.1, -0.05) is 253 Å². The second-order valence-corrected chi connectivity index (χ2v) is 28.8. The second-order valence-electron chi connectivity index (χ2n) is 25.9. The van der Waals surface area contributed by atoms with Crippen LogP contribution in [0.1, 0.15) is 323 Å². The van der Waals surface area contributed by atoms with Crippen LogP contribution in [0.15, 0.2) is 109 Å². The molecule has 5 atom stereocenters. The van der Waals surface area contributed by atoms with E-state index in [0.29, 0.717) is 25.7 Å². The van der Waals surface area contributed by atoms with Gasteiger partial charge in [-0.3, -0.25) is 37.3 Å². The summed E-state index contributed by atoms with van der Waals surface area (Å²) in [4.78, 5) is 72.9. The van der Waals surface area contributed by atoms with Crippen molar-refractivity contribution in [3.63, 3.8) is 0 Å². The van der Waals surface area contributed by atoms with Crippen molar-refractivity contribution >= 4 is 39.5 Å². The highest BCUT2D eigenvalue weighted by Crippen LogP contribution is 2.45. The van der Waals surface area contributed by atoms with Gasteiger partial charge >= 0.3 is 39.5 Å². The summed E-state index contributed by atoms with van der Waals surface area (Å²) in [5, 5.41) is 10.6. The summed E-state index contributed by atoms with van der Waals surface area (Å²) in [6.07, 6.45) is 77.8. The highest BCUT2D eigenvalue weighted by atomic mass is 31.2. The molecule has 17 nitrogen and oxygen atoms in total. The van der Waals surface area contributed by atoms with Gasteiger partial charge in [-0.15, -0.1) is 0 Å². The first-order valence-corrected chi connectivity index (χ1v) is 42.1. The Balaban J connectivity index is 5.40. The van der Waals surface area contributed by atoms with Gasteiger partial charge in [0.15, 0.2) is 12.2 Å². The summed E-state index contributed by atoms with van der Waals surface area (Å²) in [6, 6.07) is 0. The number of phosphoric acid groups is 2. The average molecular weight is 1450 g/mol. The molecule has 100 heavy (non-hydrogen) atoms. The van der Waals surface area contributed by atoms with Crippen LogP contribution in [0.4, 0.5) is 0 Å². The van der Waals surface area contributed by atoms with E-state index in [4.69, 9.17) is 37.0 Å². The van der Waals surface area contributed by atoms with Crippen molar-refractivity contribution in [1.29, 1.82) is 0 Å². The molecule has 0 aromatic rings. The fourth-order valence-corrected chi connectivity index (χ4v) is 11.8. The minimum Gasteiger partial charge on any atom is -0.462 e. The number of hydrogen-bond donors (Lipinski definition) is 3. The van der Waals surface area contributed by atoms with E-state index in [0.717, 1.165) is 186 Å². The lowest BCUT2D eigenvalue weighted by Gasteiger charge is -2.21. The van der Waals surface area contributed by atoms with Gasteiger partial charge in [0.2, 0.25) is 0 Å². The van der Waals surface area contributed by atoms with Gasteiger partial charge in [-0.05, 0) is 154 Å². The summed E-state index contributed by atoms with van der Waals surface area (Å²) >= 11 is 0. The Labute approximate surface area is 607 Å². The fraction of sp³-hybridized carbons (Fsp3) is 0.728. The monoisotopic (exact) mass is 1450 g/mol. The SMILES string of the molecule is CCC=CCC=CCC=CCCCCCCCC(=O)OC(COC(=O)CCCCCCCC=CCC=CCCCCC)COP(=O)(O)OCC(O)COP(=O)(O)OCC(COC(=O)CCCCCCCC=CCC=CCCCCC)OC(=O)CCCCCCCC=CCC=CCCCCC. The van der Waals surface area contributed by atoms with Crippen molar-refractivity contribution in [1.82, 2.24) is 0 Å². The zero-order valence-corrected chi connectivity index (χ0v) is 64.6. The van der Waals surface area contributed by atoms with Crippen molar-refractivity contribution in [2.75, 3.05) is 39.6 Å². The molecule has 3 N–H and O–H groups in total. The highest BCUT2D eigenvalue weighted by molar-refractivity contribution is 7.47. The molecule has 0 saturated heterocycles. The van der Waals surface area contributed by atoms with Crippen LogP contribution in [0.2, 0.25) is 0 Å². The quantitative estimate of drug-likeness (QED) is 0.0169. The summed E-state index contributed by atoms with van der Waals surface area (Å²) in [5.41, 5.74) is 0. The summed E-state index contributed by atoms with van der Waals surface area (Å²) < 4.78 is 68.5. The number of esters is 4. The summed E-state index contributed by atoms with van der Waals surface area (Å²) in [6.45, 7) is 4.64. The number of phosphoric ester groups is 2. The Morgan fingerprint density at radius 2 is 0.520 bits per heavy atom. The number of ether oxygens (including phenoxy) is 4. The number of hydrogen-bond acceptors (Lipinski definition) is 15. The third-order valence-corrected chi connectivity index (χ3v) is 18.1. The fourth-order valence-electron chi connectivity index (χ4n) is 10.2. The highest BCUT2D eigenvalue weighted by Gasteiger charge is 2.30. The lowest BCUT2D eigenvalue weighted by molar-refractivity contribution is -0.161. The molecule has 19 heteroatoms. The lowest BCUT2D eigenvalue weighted by atomic mass is 10.1. The first kappa shape index (κ1) is 95.7. The number of carbonyl (C=O) groups is 4. The third kappa shape index (κ3) is 72.1. The molecular weight excluding hydrogens is 1310 g/mol. The number of rotatable bonds is 73. The maximum absolute atomic E-state index is 13.1. The summed E-state index contributed by atoms with van der Waals surface area (Å²) in [5.74, 6) is -2.23. The minimum atomic E-state index is -4.99. The van der Waals surface area contributed by atoms with E-state index in [-0.39, 0.29) is 25.7 Å². The van der Waals surface area contributed by atoms with Crippen LogP contribution in [0, 0.1) is 0 Å². The molecule has 0 radical (unpaired) electrons. The predicted molar refractivity (Wildman–Crippen MR) is 408 cm³/mol. The van der Waals surface area contributed by atoms with E-state index in [9.17, 15) is 43.2 Å². The minimum absolute atomic E-state index is 0.0709. The van der Waals surface area contributed by atoms with Crippen molar-refractivity contribution in [2.45, 2.75) is 341 Å². The lowest BCUT2D eigenvalue weighted by Crippen LogP contribution is -2.30. The van der Waals surface area contributed by atoms with Gasteiger partial charge in [0.05, 0.1) is 26.4 Å². The molecule has 5 unspecified atom stereocenters. The van der Waals surface area contributed by atoms with Crippen LogP contribution in [-0.2, 0) is 65.4 Å². The van der Waals surface area contributed by atoms with E-state index < -0.39 is 97.5 Å². The molecule has 0 aliphatic carbocycles. The Morgan fingerprint density at radius 3 is 0.800 bits per heavy atom. The van der Waals surface area contributed by atoms with Crippen molar-refractivity contribution in [3.8, 4) is 0 Å². The molecule has 0 aromatic heterocycles. The first-order chi connectivity index (χ1) is 48.7. The molecule has 0 bridgehead atoms. The third-order valence-electron chi connectivity index (χ3n) is 16.2. The molecule has 0 amide bonds. The van der Waals surface area contributed by atoms with Crippen LogP contribution in [-0.4, -0.2) is 96.7 Å². The van der Waals surface area contributed by atoms with Gasteiger partial charge in [-0.25, -0.2) is 9.13 Å². The van der Waals surface area contributed by atoms with Crippen molar-refractivity contribution in [2.24, 2.45) is 0 Å². The molecule has 0 aliphatic heterocycles. The van der Waals surface area contributed by atoms with Crippen molar-refractivity contribution in [3.05, 3.63) is 109 Å². The number of carbonyl (C=O) groups excluding carboxylic acids is 4. The molecule has 0 spiro atoms. The Bertz CT molecular complexity index is 2320. The predicted octanol–water partition coefficient (Wildman–Crippen LogP) is 22.6. The summed E-state index contributed by atoms with van der Waals surface area (Å²) in [7, 11) is -9.97. The molecule has 0 heterocycles. The second kappa shape index (κ2) is 73.0. The number of unbranched alkanes of at least 4 members (excludes halogenated alkanes) is 29. The Morgan fingerprint density at radius 1 is 0.290 bits per heavy atom. The van der Waals surface area contributed by atoms with Gasteiger partial charge in [0.1, 0.15) is 19.3 Å². The smallest absolute Gasteiger partial charge is 0.462 e. The molecule has 576 valence electrons. The van der Waals surface area contributed by atoms with E-state index >= 15 is 0 Å². The zero-order chi connectivity index (χ0) is 73.2. The van der Waals surface area contributed by atoms with E-state index in [1.807, 2.05) is 0 Å². The number of aliphatic hydroxyl groups excluding tert-OH is 1. The molecule has 0 aromatic carbocycles. The molecule has 0 saturated carbocycles. The standard InChI is InChI=1S/C81H140O17P2/c1-5-9-13-17-21-25-29-33-37-41-45-49-53-57-61-65-78(83)91-71-76(97-80(85)67-63-59-55-51-47-43-39-35-31-27-23-19-15-11-7-3)73-95-99(87,88)93-69-75(82)70-94-100(89,90)96-74-77(98-81(86)68-64-60-56-52-48-44-40-36-32-28-24-20-16-12-8-4)72-92-79(84)66-62-58-54-50-46-42-38-34-30-26-22-18-14-10-6-2/h11,15,21-28,33-40,75-77,82H,5-10,12-14,16-20,29-32,41-74H2,1-4H3,(H,87,88)(H,89,90). The average Bonchev–Trinajstić information content (AvgIpc) is 1.25. The Hall–Kier alpha value is -4.28. The largest absolute Gasteiger partial charge is 0.472 e. The van der Waals surface area contributed by atoms with Crippen LogP contribution < -0.4 is 0 Å². The molecule has 0 fully saturated rings. The van der Waals surface area contributed by atoms with Gasteiger partial charge in [0.25, 0.3) is 0 Å². The van der Waals surface area contributed by atoms with E-state index in [2.05, 4.69) is 137 Å². The Kier molecular flexibility index (Phi) is 69.9. The molecule has 0 aliphatic rings. The normalized spacial score (nSPS) is 14.5. The zero-order valence-electron chi connectivity index (χ0n) is 62.8. The van der Waals surface area contributed by atoms with Gasteiger partial charge in [-0.2, -0.15) is 0 Å². The van der Waals surface area contributed by atoms with Crippen LogP contribution in [0.25, 0.3) is 0 Å². The van der Waals surface area contributed by atoms with Gasteiger partial charge in [0, 0.05) is 25.7 Å². The van der Waals surface area contributed by atoms with Gasteiger partial charge < -0.3 is 33.8 Å².